The fraction of sp³-hybridized carbons (Fsp3) is 0.750. The fourth-order valence-electron chi connectivity index (χ4n) is 4.83. The summed E-state index contributed by atoms with van der Waals surface area (Å²) in [4.78, 5) is 21.1. The van der Waals surface area contributed by atoms with E-state index in [0.717, 1.165) is 30.7 Å². The summed E-state index contributed by atoms with van der Waals surface area (Å²) in [6, 6.07) is 1.63. The molecular weight excluding hydrogens is 346 g/mol. The number of amides is 1. The molecule has 3 heterocycles. The SMILES string of the molecule is Cc1cc([C@H](C(=O)N2C[C@H](O)C[C@H]2C2=NOC3(CCCC3)C2)C(C)C)on1. The van der Waals surface area contributed by atoms with Crippen molar-refractivity contribution in [2.75, 3.05) is 6.54 Å². The zero-order valence-corrected chi connectivity index (χ0v) is 16.4. The van der Waals surface area contributed by atoms with Gasteiger partial charge in [0.05, 0.1) is 23.6 Å². The van der Waals surface area contributed by atoms with Crippen LogP contribution in [-0.4, -0.2) is 51.1 Å². The molecule has 7 heteroatoms. The normalized spacial score (nSPS) is 28.0. The molecule has 0 unspecified atom stereocenters. The average Bonchev–Trinajstić information content (AvgIpc) is 3.38. The molecule has 2 fully saturated rings. The maximum absolute atomic E-state index is 13.5. The third kappa shape index (κ3) is 3.37. The van der Waals surface area contributed by atoms with Gasteiger partial charge >= 0.3 is 0 Å². The number of hydrogen-bond donors (Lipinski definition) is 1. The van der Waals surface area contributed by atoms with Crippen molar-refractivity contribution in [3.8, 4) is 0 Å². The van der Waals surface area contributed by atoms with Crippen molar-refractivity contribution >= 4 is 11.6 Å². The summed E-state index contributed by atoms with van der Waals surface area (Å²) in [5.74, 6) is 0.204. The van der Waals surface area contributed by atoms with E-state index in [1.54, 1.807) is 4.90 Å². The molecule has 1 aromatic heterocycles. The third-order valence-electron chi connectivity index (χ3n) is 6.21. The maximum Gasteiger partial charge on any atom is 0.234 e. The molecule has 27 heavy (non-hydrogen) atoms. The lowest BCUT2D eigenvalue weighted by atomic mass is 9.89. The van der Waals surface area contributed by atoms with Gasteiger partial charge in [-0.05, 0) is 38.5 Å². The Morgan fingerprint density at radius 1 is 1.37 bits per heavy atom. The van der Waals surface area contributed by atoms with E-state index in [2.05, 4.69) is 10.3 Å². The molecule has 1 saturated carbocycles. The first-order valence-electron chi connectivity index (χ1n) is 10.1. The van der Waals surface area contributed by atoms with Gasteiger partial charge in [-0.1, -0.05) is 24.2 Å². The van der Waals surface area contributed by atoms with E-state index in [0.29, 0.717) is 18.7 Å². The number of aryl methyl sites for hydroxylation is 1. The summed E-state index contributed by atoms with van der Waals surface area (Å²) in [7, 11) is 0. The van der Waals surface area contributed by atoms with Crippen LogP contribution in [0.2, 0.25) is 0 Å². The van der Waals surface area contributed by atoms with Gasteiger partial charge in [-0.2, -0.15) is 0 Å². The van der Waals surface area contributed by atoms with Crippen LogP contribution < -0.4 is 0 Å². The number of rotatable bonds is 4. The summed E-state index contributed by atoms with van der Waals surface area (Å²) in [6.45, 7) is 6.19. The smallest absolute Gasteiger partial charge is 0.234 e. The quantitative estimate of drug-likeness (QED) is 0.874. The van der Waals surface area contributed by atoms with Crippen molar-refractivity contribution in [2.45, 2.75) is 83.0 Å². The van der Waals surface area contributed by atoms with Crippen LogP contribution in [-0.2, 0) is 9.63 Å². The second kappa shape index (κ2) is 6.93. The maximum atomic E-state index is 13.5. The van der Waals surface area contributed by atoms with Crippen molar-refractivity contribution in [1.29, 1.82) is 0 Å². The monoisotopic (exact) mass is 375 g/mol. The minimum atomic E-state index is -0.536. The highest BCUT2D eigenvalue weighted by atomic mass is 16.7. The second-order valence-electron chi connectivity index (χ2n) is 8.73. The minimum absolute atomic E-state index is 0.0298. The van der Waals surface area contributed by atoms with Crippen molar-refractivity contribution in [2.24, 2.45) is 11.1 Å². The van der Waals surface area contributed by atoms with Crippen LogP contribution in [0.15, 0.2) is 15.7 Å². The molecular formula is C20H29N3O4. The Labute approximate surface area is 159 Å². The lowest BCUT2D eigenvalue weighted by Gasteiger charge is -2.29. The zero-order valence-electron chi connectivity index (χ0n) is 16.4. The third-order valence-corrected chi connectivity index (χ3v) is 6.21. The highest BCUT2D eigenvalue weighted by molar-refractivity contribution is 5.96. The van der Waals surface area contributed by atoms with E-state index in [4.69, 9.17) is 9.36 Å². The molecule has 0 radical (unpaired) electrons. The Bertz CT molecular complexity index is 735. The standard InChI is InChI=1S/C20H29N3O4/c1-12(2)18(17-8-13(3)21-26-17)19(25)23-11-14(24)9-16(23)15-10-20(27-22-15)6-4-5-7-20/h8,12,14,16,18,24H,4-7,9-11H2,1-3H3/t14-,16+,18-/m1/s1. The molecule has 1 aliphatic carbocycles. The molecule has 1 N–H and O–H groups in total. The molecule has 3 atom stereocenters. The van der Waals surface area contributed by atoms with Gasteiger partial charge < -0.3 is 19.4 Å². The molecule has 0 aromatic carbocycles. The van der Waals surface area contributed by atoms with Crippen LogP contribution in [0.5, 0.6) is 0 Å². The van der Waals surface area contributed by atoms with E-state index in [-0.39, 0.29) is 23.5 Å². The summed E-state index contributed by atoms with van der Waals surface area (Å²) in [5, 5.41) is 18.6. The Kier molecular flexibility index (Phi) is 4.74. The number of likely N-dealkylation sites (tertiary alicyclic amines) is 1. The van der Waals surface area contributed by atoms with Crippen molar-refractivity contribution < 1.29 is 19.3 Å². The van der Waals surface area contributed by atoms with Gasteiger partial charge in [-0.3, -0.25) is 4.79 Å². The van der Waals surface area contributed by atoms with Gasteiger partial charge in [0.2, 0.25) is 5.91 Å². The van der Waals surface area contributed by atoms with E-state index >= 15 is 0 Å². The molecule has 3 aliphatic rings. The van der Waals surface area contributed by atoms with Gasteiger partial charge in [0.15, 0.2) is 0 Å². The molecule has 148 valence electrons. The molecule has 1 aromatic rings. The van der Waals surface area contributed by atoms with Gasteiger partial charge in [-0.25, -0.2) is 0 Å². The average molecular weight is 375 g/mol. The highest BCUT2D eigenvalue weighted by Gasteiger charge is 2.48. The second-order valence-corrected chi connectivity index (χ2v) is 8.73. The van der Waals surface area contributed by atoms with E-state index in [1.807, 2.05) is 26.8 Å². The molecule has 0 bridgehead atoms. The van der Waals surface area contributed by atoms with Gasteiger partial charge in [0.25, 0.3) is 0 Å². The largest absolute Gasteiger partial charge is 0.391 e. The fourth-order valence-corrected chi connectivity index (χ4v) is 4.83. The topological polar surface area (TPSA) is 88.2 Å². The Morgan fingerprint density at radius 2 is 2.11 bits per heavy atom. The van der Waals surface area contributed by atoms with Crippen LogP contribution in [0, 0.1) is 12.8 Å². The molecule has 2 aliphatic heterocycles. The number of aliphatic hydroxyl groups excluding tert-OH is 1. The van der Waals surface area contributed by atoms with Crippen LogP contribution in [0.4, 0.5) is 0 Å². The summed E-state index contributed by atoms with van der Waals surface area (Å²) < 4.78 is 5.42. The number of aromatic nitrogens is 1. The predicted octanol–water partition coefficient (Wildman–Crippen LogP) is 2.77. The Morgan fingerprint density at radius 3 is 2.74 bits per heavy atom. The van der Waals surface area contributed by atoms with Crippen LogP contribution in [0.1, 0.15) is 69.7 Å². The highest BCUT2D eigenvalue weighted by Crippen LogP contribution is 2.42. The van der Waals surface area contributed by atoms with E-state index in [9.17, 15) is 9.90 Å². The van der Waals surface area contributed by atoms with Crippen LogP contribution >= 0.6 is 0 Å². The zero-order chi connectivity index (χ0) is 19.2. The first-order chi connectivity index (χ1) is 12.9. The van der Waals surface area contributed by atoms with Crippen molar-refractivity contribution in [3.05, 3.63) is 17.5 Å². The molecule has 1 spiro atoms. The number of carbonyl (C=O) groups is 1. The minimum Gasteiger partial charge on any atom is -0.391 e. The number of nitrogens with zero attached hydrogens (tertiary/aromatic N) is 3. The van der Waals surface area contributed by atoms with Crippen LogP contribution in [0.25, 0.3) is 0 Å². The lowest BCUT2D eigenvalue weighted by Crippen LogP contribution is -2.44. The van der Waals surface area contributed by atoms with Gasteiger partial charge in [-0.15, -0.1) is 0 Å². The van der Waals surface area contributed by atoms with E-state index < -0.39 is 12.0 Å². The first kappa shape index (κ1) is 18.5. The summed E-state index contributed by atoms with van der Waals surface area (Å²) in [6.07, 6.45) is 5.13. The van der Waals surface area contributed by atoms with Crippen molar-refractivity contribution in [3.63, 3.8) is 0 Å². The number of β-amino-alcohol motifs (C(OH)–C–C–N with tert-alkyl or cyclic N) is 1. The van der Waals surface area contributed by atoms with Gasteiger partial charge in [0, 0.05) is 25.5 Å². The number of carbonyl (C=O) groups excluding carboxylic acids is 1. The summed E-state index contributed by atoms with van der Waals surface area (Å²) in [5.41, 5.74) is 1.49. The molecule has 4 rings (SSSR count). The number of aliphatic hydroxyl groups is 1. The molecule has 7 nitrogen and oxygen atoms in total. The summed E-state index contributed by atoms with van der Waals surface area (Å²) >= 11 is 0. The van der Waals surface area contributed by atoms with Gasteiger partial charge in [0.1, 0.15) is 17.3 Å². The molecule has 1 amide bonds. The van der Waals surface area contributed by atoms with Crippen LogP contribution in [0.3, 0.4) is 0 Å². The number of hydrogen-bond acceptors (Lipinski definition) is 6. The Balaban J connectivity index is 1.56. The number of oxime groups is 1. The lowest BCUT2D eigenvalue weighted by molar-refractivity contribution is -0.134. The molecule has 1 saturated heterocycles. The van der Waals surface area contributed by atoms with E-state index in [1.165, 1.54) is 12.8 Å². The predicted molar refractivity (Wildman–Crippen MR) is 99.3 cm³/mol. The first-order valence-corrected chi connectivity index (χ1v) is 10.1. The van der Waals surface area contributed by atoms with Crippen molar-refractivity contribution in [1.82, 2.24) is 10.1 Å². The Hall–Kier alpha value is -1.89.